The summed E-state index contributed by atoms with van der Waals surface area (Å²) in [4.78, 5) is 12.7. The van der Waals surface area contributed by atoms with Crippen molar-refractivity contribution >= 4 is 5.91 Å². The summed E-state index contributed by atoms with van der Waals surface area (Å²) in [6.07, 6.45) is 2.11. The van der Waals surface area contributed by atoms with E-state index in [1.807, 2.05) is 28.9 Å². The van der Waals surface area contributed by atoms with E-state index in [-0.39, 0.29) is 24.5 Å². The maximum Gasteiger partial charge on any atom is 0.226 e. The van der Waals surface area contributed by atoms with Crippen LogP contribution in [0.3, 0.4) is 0 Å². The molecule has 140 valence electrons. The van der Waals surface area contributed by atoms with Crippen LogP contribution < -0.4 is 5.32 Å². The largest absolute Gasteiger partial charge is 0.371 e. The van der Waals surface area contributed by atoms with Crippen LogP contribution in [0.25, 0.3) is 0 Å². The molecule has 9 nitrogen and oxygen atoms in total. The van der Waals surface area contributed by atoms with Gasteiger partial charge in [-0.25, -0.2) is 4.68 Å². The number of aryl methyl sites for hydroxylation is 1. The van der Waals surface area contributed by atoms with Gasteiger partial charge in [0.1, 0.15) is 6.10 Å². The molecule has 0 aliphatic carbocycles. The average molecular weight is 367 g/mol. The second-order valence-corrected chi connectivity index (χ2v) is 6.52. The Balaban J connectivity index is 1.46. The van der Waals surface area contributed by atoms with Crippen molar-refractivity contribution < 1.29 is 9.53 Å². The van der Waals surface area contributed by atoms with Gasteiger partial charge in [0.2, 0.25) is 5.91 Å². The standard InChI is InChI=1S/C18H21N7O2/c1-24-16(21-22-23-24)11-19-18(26)14-8-10-27-17(14)15-7-9-20-25(15)12-13-5-3-2-4-6-13/h2-7,9,14,17H,8,10-12H2,1H3,(H,19,26)/t14-,17-/m0/s1. The highest BCUT2D eigenvalue weighted by molar-refractivity contribution is 5.79. The number of hydrogen-bond acceptors (Lipinski definition) is 6. The molecule has 0 spiro atoms. The molecule has 0 radical (unpaired) electrons. The molecule has 0 saturated carbocycles. The number of carbonyl (C=O) groups excluding carboxylic acids is 1. The van der Waals surface area contributed by atoms with Crippen LogP contribution in [0, 0.1) is 5.92 Å². The number of nitrogens with zero attached hydrogens (tertiary/aromatic N) is 6. The van der Waals surface area contributed by atoms with Crippen LogP contribution in [-0.2, 0) is 29.7 Å². The van der Waals surface area contributed by atoms with E-state index in [1.165, 1.54) is 4.68 Å². The number of hydrogen-bond donors (Lipinski definition) is 1. The first-order valence-electron chi connectivity index (χ1n) is 8.88. The highest BCUT2D eigenvalue weighted by Gasteiger charge is 2.37. The van der Waals surface area contributed by atoms with Crippen molar-refractivity contribution in [1.29, 1.82) is 0 Å². The number of ether oxygens (including phenoxy) is 1. The van der Waals surface area contributed by atoms with Crippen molar-refractivity contribution in [3.63, 3.8) is 0 Å². The number of amides is 1. The highest BCUT2D eigenvalue weighted by atomic mass is 16.5. The maximum atomic E-state index is 12.7. The first kappa shape index (κ1) is 17.3. The van der Waals surface area contributed by atoms with Gasteiger partial charge in [0.05, 0.1) is 24.7 Å². The van der Waals surface area contributed by atoms with Gasteiger partial charge in [-0.3, -0.25) is 9.48 Å². The molecule has 0 bridgehead atoms. The molecule has 0 unspecified atom stereocenters. The van der Waals surface area contributed by atoms with Gasteiger partial charge in [0.15, 0.2) is 5.82 Å². The molecular formula is C18H21N7O2. The Morgan fingerprint density at radius 2 is 2.15 bits per heavy atom. The number of tetrazole rings is 1. The van der Waals surface area contributed by atoms with Crippen molar-refractivity contribution in [3.05, 3.63) is 59.7 Å². The SMILES string of the molecule is Cn1nnnc1CNC(=O)[C@H]1CCO[C@@H]1c1ccnn1Cc1ccccc1. The second-order valence-electron chi connectivity index (χ2n) is 6.52. The third-order valence-corrected chi connectivity index (χ3v) is 4.77. The Hall–Kier alpha value is -3.07. The Morgan fingerprint density at radius 3 is 2.93 bits per heavy atom. The molecule has 1 amide bonds. The fourth-order valence-corrected chi connectivity index (χ4v) is 3.32. The van der Waals surface area contributed by atoms with Gasteiger partial charge in [0, 0.05) is 19.9 Å². The molecule has 1 aromatic carbocycles. The zero-order chi connectivity index (χ0) is 18.6. The third-order valence-electron chi connectivity index (χ3n) is 4.77. The van der Waals surface area contributed by atoms with Crippen molar-refractivity contribution in [1.82, 2.24) is 35.3 Å². The predicted octanol–water partition coefficient (Wildman–Crippen LogP) is 0.849. The van der Waals surface area contributed by atoms with Crippen molar-refractivity contribution in [3.8, 4) is 0 Å². The van der Waals surface area contributed by atoms with E-state index in [9.17, 15) is 4.79 Å². The lowest BCUT2D eigenvalue weighted by atomic mass is 9.98. The van der Waals surface area contributed by atoms with Crippen LogP contribution in [0.15, 0.2) is 42.6 Å². The minimum absolute atomic E-state index is 0.0621. The van der Waals surface area contributed by atoms with E-state index in [4.69, 9.17) is 4.74 Å². The molecule has 2 aromatic heterocycles. The summed E-state index contributed by atoms with van der Waals surface area (Å²) in [5.41, 5.74) is 2.06. The Bertz CT molecular complexity index is 905. The van der Waals surface area contributed by atoms with Gasteiger partial charge < -0.3 is 10.1 Å². The van der Waals surface area contributed by atoms with E-state index >= 15 is 0 Å². The zero-order valence-corrected chi connectivity index (χ0v) is 15.0. The molecule has 4 rings (SSSR count). The van der Waals surface area contributed by atoms with E-state index in [0.717, 1.165) is 11.3 Å². The summed E-state index contributed by atoms with van der Waals surface area (Å²) in [5, 5.41) is 18.6. The molecule has 1 fully saturated rings. The first-order valence-corrected chi connectivity index (χ1v) is 8.88. The molecule has 1 saturated heterocycles. The highest BCUT2D eigenvalue weighted by Crippen LogP contribution is 2.34. The van der Waals surface area contributed by atoms with Gasteiger partial charge in [-0.15, -0.1) is 5.10 Å². The Labute approximate surface area is 156 Å². The molecule has 2 atom stereocenters. The Kier molecular flexibility index (Phi) is 4.93. The minimum atomic E-state index is -0.311. The van der Waals surface area contributed by atoms with Crippen molar-refractivity contribution in [2.45, 2.75) is 25.6 Å². The summed E-state index contributed by atoms with van der Waals surface area (Å²) in [5.74, 6) is 0.276. The fourth-order valence-electron chi connectivity index (χ4n) is 3.32. The second kappa shape index (κ2) is 7.67. The lowest BCUT2D eigenvalue weighted by molar-refractivity contribution is -0.127. The zero-order valence-electron chi connectivity index (χ0n) is 15.0. The molecule has 3 heterocycles. The topological polar surface area (TPSA) is 99.8 Å². The van der Waals surface area contributed by atoms with Crippen LogP contribution in [0.2, 0.25) is 0 Å². The van der Waals surface area contributed by atoms with Crippen LogP contribution in [0.4, 0.5) is 0 Å². The van der Waals surface area contributed by atoms with Crippen LogP contribution in [0.1, 0.15) is 29.6 Å². The summed E-state index contributed by atoms with van der Waals surface area (Å²) in [6, 6.07) is 12.0. The number of benzene rings is 1. The summed E-state index contributed by atoms with van der Waals surface area (Å²) in [7, 11) is 1.74. The normalized spacial score (nSPS) is 19.3. The predicted molar refractivity (Wildman–Crippen MR) is 95.2 cm³/mol. The van der Waals surface area contributed by atoms with Gasteiger partial charge >= 0.3 is 0 Å². The van der Waals surface area contributed by atoms with Crippen LogP contribution >= 0.6 is 0 Å². The number of aromatic nitrogens is 6. The van der Waals surface area contributed by atoms with Gasteiger partial charge in [-0.2, -0.15) is 5.10 Å². The average Bonchev–Trinajstić information content (AvgIpc) is 3.41. The summed E-state index contributed by atoms with van der Waals surface area (Å²) >= 11 is 0. The van der Waals surface area contributed by atoms with Gasteiger partial charge in [0.25, 0.3) is 0 Å². The molecule has 1 aliphatic heterocycles. The van der Waals surface area contributed by atoms with E-state index in [2.05, 4.69) is 38.1 Å². The van der Waals surface area contributed by atoms with Crippen molar-refractivity contribution in [2.75, 3.05) is 6.61 Å². The maximum absolute atomic E-state index is 12.7. The van der Waals surface area contributed by atoms with Crippen LogP contribution in [0.5, 0.6) is 0 Å². The third kappa shape index (κ3) is 3.72. The van der Waals surface area contributed by atoms with Crippen molar-refractivity contribution in [2.24, 2.45) is 13.0 Å². The molecule has 27 heavy (non-hydrogen) atoms. The summed E-state index contributed by atoms with van der Waals surface area (Å²) in [6.45, 7) is 1.47. The molecule has 3 aromatic rings. The summed E-state index contributed by atoms with van der Waals surface area (Å²) < 4.78 is 9.34. The smallest absolute Gasteiger partial charge is 0.226 e. The lowest BCUT2D eigenvalue weighted by Gasteiger charge is -2.19. The fraction of sp³-hybridized carbons (Fsp3) is 0.389. The molecular weight excluding hydrogens is 346 g/mol. The van der Waals surface area contributed by atoms with Gasteiger partial charge in [-0.05, 0) is 28.5 Å². The number of carbonyl (C=O) groups is 1. The molecule has 9 heteroatoms. The first-order chi connectivity index (χ1) is 13.2. The quantitative estimate of drug-likeness (QED) is 0.693. The lowest BCUT2D eigenvalue weighted by Crippen LogP contribution is -2.33. The van der Waals surface area contributed by atoms with E-state index in [1.54, 1.807) is 13.2 Å². The minimum Gasteiger partial charge on any atom is -0.371 e. The molecule has 1 N–H and O–H groups in total. The van der Waals surface area contributed by atoms with Crippen LogP contribution in [-0.4, -0.2) is 42.5 Å². The number of rotatable bonds is 6. The van der Waals surface area contributed by atoms with E-state index < -0.39 is 0 Å². The number of nitrogens with one attached hydrogen (secondary N) is 1. The monoisotopic (exact) mass is 367 g/mol. The Morgan fingerprint density at radius 1 is 1.30 bits per heavy atom. The molecule has 1 aliphatic rings. The van der Waals surface area contributed by atoms with E-state index in [0.29, 0.717) is 25.4 Å². The van der Waals surface area contributed by atoms with Gasteiger partial charge in [-0.1, -0.05) is 30.3 Å².